The van der Waals surface area contributed by atoms with Crippen molar-refractivity contribution in [3.63, 3.8) is 0 Å². The second-order valence-electron chi connectivity index (χ2n) is 3.05. The molecule has 0 amide bonds. The van der Waals surface area contributed by atoms with Gasteiger partial charge in [0.1, 0.15) is 0 Å². The number of thiophene rings is 1. The van der Waals surface area contributed by atoms with Gasteiger partial charge in [-0.25, -0.2) is 4.99 Å². The molecule has 6 heteroatoms. The number of thioether (sulfide) groups is 1. The first-order chi connectivity index (χ1) is 7.72. The Labute approximate surface area is 104 Å². The Hall–Kier alpha value is -1.14. The van der Waals surface area contributed by atoms with Gasteiger partial charge in [-0.1, -0.05) is 17.8 Å². The van der Waals surface area contributed by atoms with E-state index in [2.05, 4.69) is 15.2 Å². The average Bonchev–Trinajstić information content (AvgIpc) is 2.75. The van der Waals surface area contributed by atoms with Gasteiger partial charge < -0.3 is 4.90 Å². The van der Waals surface area contributed by atoms with Gasteiger partial charge in [0.15, 0.2) is 0 Å². The molecule has 16 heavy (non-hydrogen) atoms. The Bertz CT molecular complexity index is 380. The summed E-state index contributed by atoms with van der Waals surface area (Å²) >= 11 is 3.09. The van der Waals surface area contributed by atoms with Gasteiger partial charge in [0.2, 0.25) is 5.17 Å². The van der Waals surface area contributed by atoms with Gasteiger partial charge in [-0.15, -0.1) is 16.4 Å². The number of rotatable bonds is 3. The smallest absolute Gasteiger partial charge is 0.210 e. The monoisotopic (exact) mass is 254 g/mol. The standard InChI is InChI=1S/C10H14N4S2/c1-14(2)8-11-10(15-3)13-12-7-9-5-4-6-16-9/h4-8H,1-3H3/b11-8+,12-7+,13-10+. The van der Waals surface area contributed by atoms with Crippen molar-refractivity contribution in [2.24, 2.45) is 15.2 Å². The van der Waals surface area contributed by atoms with Crippen LogP contribution in [0.4, 0.5) is 0 Å². The van der Waals surface area contributed by atoms with Crippen molar-refractivity contribution in [1.82, 2.24) is 4.90 Å². The highest BCUT2D eigenvalue weighted by atomic mass is 32.2. The highest BCUT2D eigenvalue weighted by molar-refractivity contribution is 8.13. The number of amidine groups is 1. The first-order valence-electron chi connectivity index (χ1n) is 4.61. The van der Waals surface area contributed by atoms with E-state index in [-0.39, 0.29) is 0 Å². The molecular formula is C10H14N4S2. The third kappa shape index (κ3) is 5.09. The van der Waals surface area contributed by atoms with Crippen molar-refractivity contribution < 1.29 is 0 Å². The molecule has 0 bridgehead atoms. The van der Waals surface area contributed by atoms with E-state index in [1.165, 1.54) is 11.8 Å². The summed E-state index contributed by atoms with van der Waals surface area (Å²) in [6.45, 7) is 0. The Morgan fingerprint density at radius 1 is 1.50 bits per heavy atom. The third-order valence-electron chi connectivity index (χ3n) is 1.45. The van der Waals surface area contributed by atoms with Crippen LogP contribution in [0.25, 0.3) is 0 Å². The fraction of sp³-hybridized carbons (Fsp3) is 0.300. The molecule has 0 saturated carbocycles. The Balaban J connectivity index is 2.59. The number of hydrogen-bond donors (Lipinski definition) is 0. The van der Waals surface area contributed by atoms with Crippen molar-refractivity contribution >= 4 is 40.8 Å². The molecule has 1 rings (SSSR count). The minimum absolute atomic E-state index is 0.640. The molecule has 0 fully saturated rings. The first-order valence-corrected chi connectivity index (χ1v) is 6.72. The topological polar surface area (TPSA) is 40.3 Å². The summed E-state index contributed by atoms with van der Waals surface area (Å²) in [5.74, 6) is 0. The molecule has 0 saturated heterocycles. The highest BCUT2D eigenvalue weighted by Crippen LogP contribution is 2.05. The molecule has 0 unspecified atom stereocenters. The lowest BCUT2D eigenvalue weighted by Crippen LogP contribution is -2.08. The van der Waals surface area contributed by atoms with Crippen LogP contribution in [0.1, 0.15) is 4.88 Å². The number of nitrogens with zero attached hydrogens (tertiary/aromatic N) is 4. The maximum atomic E-state index is 4.16. The second kappa shape index (κ2) is 7.19. The minimum Gasteiger partial charge on any atom is -0.369 e. The van der Waals surface area contributed by atoms with Crippen LogP contribution in [0.2, 0.25) is 0 Å². The van der Waals surface area contributed by atoms with Crippen LogP contribution in [0.5, 0.6) is 0 Å². The van der Waals surface area contributed by atoms with Crippen LogP contribution < -0.4 is 0 Å². The third-order valence-corrected chi connectivity index (χ3v) is 2.81. The summed E-state index contributed by atoms with van der Waals surface area (Å²) in [4.78, 5) is 7.10. The van der Waals surface area contributed by atoms with Crippen molar-refractivity contribution in [2.45, 2.75) is 0 Å². The van der Waals surface area contributed by atoms with Crippen molar-refractivity contribution in [3.05, 3.63) is 22.4 Å². The molecule has 86 valence electrons. The molecule has 0 aliphatic heterocycles. The zero-order valence-electron chi connectivity index (χ0n) is 9.49. The second-order valence-corrected chi connectivity index (χ2v) is 4.81. The lowest BCUT2D eigenvalue weighted by Gasteiger charge is -2.01. The molecule has 0 spiro atoms. The van der Waals surface area contributed by atoms with E-state index in [4.69, 9.17) is 0 Å². The van der Waals surface area contributed by atoms with Crippen LogP contribution in [0, 0.1) is 0 Å². The molecule has 0 radical (unpaired) electrons. The maximum Gasteiger partial charge on any atom is 0.210 e. The van der Waals surface area contributed by atoms with Crippen LogP contribution >= 0.6 is 23.1 Å². The molecule has 0 N–H and O–H groups in total. The van der Waals surface area contributed by atoms with Crippen LogP contribution in [0.3, 0.4) is 0 Å². The normalized spacial score (nSPS) is 12.8. The van der Waals surface area contributed by atoms with Gasteiger partial charge >= 0.3 is 0 Å². The fourth-order valence-corrected chi connectivity index (χ4v) is 1.64. The first kappa shape index (κ1) is 12.9. The Morgan fingerprint density at radius 3 is 2.88 bits per heavy atom. The SMILES string of the molecule is CSC(/N=C/N(C)C)=N/N=C/c1cccs1. The number of aliphatic imine (C=N–C) groups is 1. The maximum absolute atomic E-state index is 4.16. The van der Waals surface area contributed by atoms with Crippen molar-refractivity contribution in [1.29, 1.82) is 0 Å². The zero-order valence-corrected chi connectivity index (χ0v) is 11.1. The van der Waals surface area contributed by atoms with Crippen LogP contribution in [-0.4, -0.2) is 43.0 Å². The zero-order chi connectivity index (χ0) is 11.8. The molecule has 1 heterocycles. The molecule has 1 aromatic heterocycles. The van der Waals surface area contributed by atoms with E-state index >= 15 is 0 Å². The summed E-state index contributed by atoms with van der Waals surface area (Å²) in [7, 11) is 3.83. The summed E-state index contributed by atoms with van der Waals surface area (Å²) in [6, 6.07) is 3.97. The molecule has 0 aromatic carbocycles. The van der Waals surface area contributed by atoms with Gasteiger partial charge in [-0.05, 0) is 17.7 Å². The summed E-state index contributed by atoms with van der Waals surface area (Å²) < 4.78 is 0. The van der Waals surface area contributed by atoms with E-state index in [1.807, 2.05) is 42.8 Å². The molecule has 0 aliphatic carbocycles. The molecular weight excluding hydrogens is 240 g/mol. The summed E-state index contributed by atoms with van der Waals surface area (Å²) in [5.41, 5.74) is 0. The molecule has 0 atom stereocenters. The quantitative estimate of drug-likeness (QED) is 0.472. The van der Waals surface area contributed by atoms with Gasteiger partial charge in [-0.3, -0.25) is 0 Å². The van der Waals surface area contributed by atoms with Crippen LogP contribution in [0.15, 0.2) is 32.7 Å². The summed E-state index contributed by atoms with van der Waals surface area (Å²) in [6.07, 6.45) is 5.36. The van der Waals surface area contributed by atoms with E-state index in [1.54, 1.807) is 23.9 Å². The molecule has 0 aliphatic rings. The Morgan fingerprint density at radius 2 is 2.31 bits per heavy atom. The van der Waals surface area contributed by atoms with Crippen molar-refractivity contribution in [3.8, 4) is 0 Å². The van der Waals surface area contributed by atoms with Crippen LogP contribution in [-0.2, 0) is 0 Å². The lowest BCUT2D eigenvalue weighted by atomic mass is 10.5. The Kier molecular flexibility index (Phi) is 5.81. The fourth-order valence-electron chi connectivity index (χ4n) is 0.784. The van der Waals surface area contributed by atoms with Gasteiger partial charge in [0.25, 0.3) is 0 Å². The van der Waals surface area contributed by atoms with Gasteiger partial charge in [0, 0.05) is 19.0 Å². The highest BCUT2D eigenvalue weighted by Gasteiger charge is 1.91. The number of hydrogen-bond acceptors (Lipinski definition) is 4. The van der Waals surface area contributed by atoms with Gasteiger partial charge in [0.05, 0.1) is 12.6 Å². The van der Waals surface area contributed by atoms with E-state index in [9.17, 15) is 0 Å². The van der Waals surface area contributed by atoms with E-state index in [0.717, 1.165) is 4.88 Å². The van der Waals surface area contributed by atoms with Crippen molar-refractivity contribution in [2.75, 3.05) is 20.4 Å². The molecule has 1 aromatic rings. The predicted octanol–water partition coefficient (Wildman–Crippen LogP) is 2.39. The lowest BCUT2D eigenvalue weighted by molar-refractivity contribution is 0.644. The predicted molar refractivity (Wildman–Crippen MR) is 75.0 cm³/mol. The summed E-state index contributed by atoms with van der Waals surface area (Å²) in [5, 5.41) is 10.6. The van der Waals surface area contributed by atoms with E-state index < -0.39 is 0 Å². The average molecular weight is 254 g/mol. The largest absolute Gasteiger partial charge is 0.369 e. The minimum atomic E-state index is 0.640. The molecule has 4 nitrogen and oxygen atoms in total. The van der Waals surface area contributed by atoms with E-state index in [0.29, 0.717) is 5.17 Å². The van der Waals surface area contributed by atoms with Gasteiger partial charge in [-0.2, -0.15) is 5.10 Å².